The van der Waals surface area contributed by atoms with Crippen molar-refractivity contribution in [3.63, 3.8) is 0 Å². The van der Waals surface area contributed by atoms with Crippen LogP contribution in [0.15, 0.2) is 18.2 Å². The molecular formula is C15H22FNO. The number of hydrogen-bond donors (Lipinski definition) is 0. The van der Waals surface area contributed by atoms with Gasteiger partial charge in [-0.05, 0) is 38.5 Å². The number of carbonyl (C=O) groups is 1. The lowest BCUT2D eigenvalue weighted by Gasteiger charge is -2.30. The third kappa shape index (κ3) is 3.83. The van der Waals surface area contributed by atoms with Crippen molar-refractivity contribution in [3.05, 3.63) is 29.6 Å². The van der Waals surface area contributed by atoms with Crippen molar-refractivity contribution < 1.29 is 9.18 Å². The van der Waals surface area contributed by atoms with Crippen LogP contribution in [0, 0.1) is 5.82 Å². The van der Waals surface area contributed by atoms with Gasteiger partial charge in [-0.25, -0.2) is 4.39 Å². The minimum absolute atomic E-state index is 0.297. The van der Waals surface area contributed by atoms with E-state index in [2.05, 4.69) is 25.7 Å². The van der Waals surface area contributed by atoms with Crippen LogP contribution in [0.25, 0.3) is 0 Å². The lowest BCUT2D eigenvalue weighted by molar-refractivity contribution is 0.112. The van der Waals surface area contributed by atoms with Crippen LogP contribution in [0.4, 0.5) is 10.1 Å². The van der Waals surface area contributed by atoms with E-state index in [0.29, 0.717) is 11.6 Å². The highest BCUT2D eigenvalue weighted by Gasteiger charge is 2.14. The minimum atomic E-state index is -0.363. The molecule has 0 spiro atoms. The van der Waals surface area contributed by atoms with Crippen molar-refractivity contribution in [3.8, 4) is 0 Å². The van der Waals surface area contributed by atoms with E-state index in [-0.39, 0.29) is 5.82 Å². The molecule has 0 N–H and O–H groups in total. The Bertz CT molecular complexity index is 390. The Morgan fingerprint density at radius 3 is 2.61 bits per heavy atom. The zero-order valence-electron chi connectivity index (χ0n) is 11.4. The molecule has 0 heterocycles. The predicted molar refractivity (Wildman–Crippen MR) is 73.8 cm³/mol. The Hall–Kier alpha value is -1.38. The lowest BCUT2D eigenvalue weighted by Crippen LogP contribution is -2.32. The summed E-state index contributed by atoms with van der Waals surface area (Å²) in [4.78, 5) is 13.2. The number of hydrogen-bond acceptors (Lipinski definition) is 2. The zero-order valence-corrected chi connectivity index (χ0v) is 11.4. The summed E-state index contributed by atoms with van der Waals surface area (Å²) in [7, 11) is 0. The fraction of sp³-hybridized carbons (Fsp3) is 0.533. The van der Waals surface area contributed by atoms with Gasteiger partial charge in [0.2, 0.25) is 0 Å². The van der Waals surface area contributed by atoms with E-state index in [9.17, 15) is 9.18 Å². The summed E-state index contributed by atoms with van der Waals surface area (Å²) in [5.74, 6) is -0.363. The van der Waals surface area contributed by atoms with E-state index in [1.54, 1.807) is 6.07 Å². The highest BCUT2D eigenvalue weighted by Crippen LogP contribution is 2.23. The fourth-order valence-electron chi connectivity index (χ4n) is 2.07. The Morgan fingerprint density at radius 2 is 2.06 bits per heavy atom. The third-order valence-corrected chi connectivity index (χ3v) is 3.05. The number of rotatable bonds is 7. The summed E-state index contributed by atoms with van der Waals surface area (Å²) in [6.07, 6.45) is 4.15. The molecule has 0 amide bonds. The zero-order chi connectivity index (χ0) is 13.5. The number of carbonyl (C=O) groups excluding carboxylic acids is 1. The quantitative estimate of drug-likeness (QED) is 0.538. The minimum Gasteiger partial charge on any atom is -0.369 e. The highest BCUT2D eigenvalue weighted by atomic mass is 19.1. The third-order valence-electron chi connectivity index (χ3n) is 3.05. The van der Waals surface area contributed by atoms with Crippen LogP contribution >= 0.6 is 0 Å². The molecule has 1 aromatic rings. The van der Waals surface area contributed by atoms with Crippen LogP contribution in [0.2, 0.25) is 0 Å². The van der Waals surface area contributed by atoms with Crippen molar-refractivity contribution in [1.82, 2.24) is 0 Å². The van der Waals surface area contributed by atoms with Crippen molar-refractivity contribution in [2.75, 3.05) is 11.4 Å². The van der Waals surface area contributed by atoms with E-state index < -0.39 is 0 Å². The second-order valence-electron chi connectivity index (χ2n) is 4.82. The van der Waals surface area contributed by atoms with E-state index in [1.165, 1.54) is 18.6 Å². The molecule has 100 valence electrons. The normalized spacial score (nSPS) is 10.7. The van der Waals surface area contributed by atoms with Crippen LogP contribution in [0.1, 0.15) is 50.4 Å². The molecule has 1 aromatic carbocycles. The number of anilines is 1. The maximum atomic E-state index is 13.1. The molecule has 0 aromatic heterocycles. The molecule has 0 saturated heterocycles. The SMILES string of the molecule is CCCCCN(c1ccc(F)cc1C=O)C(C)C. The number of aldehydes is 1. The van der Waals surface area contributed by atoms with Crippen molar-refractivity contribution in [1.29, 1.82) is 0 Å². The Labute approximate surface area is 109 Å². The van der Waals surface area contributed by atoms with Gasteiger partial charge in [-0.15, -0.1) is 0 Å². The second kappa shape index (κ2) is 7.14. The lowest BCUT2D eigenvalue weighted by atomic mass is 10.1. The van der Waals surface area contributed by atoms with Crippen LogP contribution in [0.3, 0.4) is 0 Å². The van der Waals surface area contributed by atoms with E-state index in [0.717, 1.165) is 31.4 Å². The summed E-state index contributed by atoms with van der Waals surface area (Å²) in [5.41, 5.74) is 1.26. The van der Waals surface area contributed by atoms with Crippen molar-refractivity contribution in [2.24, 2.45) is 0 Å². The molecule has 0 atom stereocenters. The van der Waals surface area contributed by atoms with Gasteiger partial charge in [0.25, 0.3) is 0 Å². The Balaban J connectivity index is 2.94. The molecule has 18 heavy (non-hydrogen) atoms. The van der Waals surface area contributed by atoms with Crippen molar-refractivity contribution >= 4 is 12.0 Å². The molecular weight excluding hydrogens is 229 g/mol. The van der Waals surface area contributed by atoms with Gasteiger partial charge < -0.3 is 4.90 Å². The van der Waals surface area contributed by atoms with Crippen LogP contribution < -0.4 is 4.90 Å². The number of unbranched alkanes of at least 4 members (excludes halogenated alkanes) is 2. The molecule has 0 aliphatic heterocycles. The van der Waals surface area contributed by atoms with Gasteiger partial charge in [0.05, 0.1) is 0 Å². The van der Waals surface area contributed by atoms with Gasteiger partial charge >= 0.3 is 0 Å². The van der Waals surface area contributed by atoms with Gasteiger partial charge in [-0.1, -0.05) is 19.8 Å². The summed E-state index contributed by atoms with van der Waals surface area (Å²) in [5, 5.41) is 0. The molecule has 0 bridgehead atoms. The maximum Gasteiger partial charge on any atom is 0.152 e. The summed E-state index contributed by atoms with van der Waals surface area (Å²) < 4.78 is 13.1. The first kappa shape index (κ1) is 14.7. The molecule has 0 fully saturated rings. The Kier molecular flexibility index (Phi) is 5.83. The van der Waals surface area contributed by atoms with Crippen LogP contribution in [-0.4, -0.2) is 18.9 Å². The van der Waals surface area contributed by atoms with Crippen molar-refractivity contribution in [2.45, 2.75) is 46.1 Å². The van der Waals surface area contributed by atoms with E-state index >= 15 is 0 Å². The summed E-state index contributed by atoms with van der Waals surface area (Å²) >= 11 is 0. The second-order valence-corrected chi connectivity index (χ2v) is 4.82. The average Bonchev–Trinajstić information content (AvgIpc) is 2.35. The molecule has 0 unspecified atom stereocenters. The summed E-state index contributed by atoms with van der Waals surface area (Å²) in [6.45, 7) is 7.24. The van der Waals surface area contributed by atoms with Gasteiger partial charge in [-0.3, -0.25) is 4.79 Å². The molecule has 3 heteroatoms. The van der Waals surface area contributed by atoms with Gasteiger partial charge in [0.1, 0.15) is 5.82 Å². The molecule has 1 rings (SSSR count). The average molecular weight is 251 g/mol. The fourth-order valence-corrected chi connectivity index (χ4v) is 2.07. The van der Waals surface area contributed by atoms with Gasteiger partial charge in [0.15, 0.2) is 6.29 Å². The molecule has 0 saturated carbocycles. The predicted octanol–water partition coefficient (Wildman–Crippen LogP) is 4.04. The standard InChI is InChI=1S/C15H22FNO/c1-4-5-6-9-17(12(2)3)15-8-7-14(16)10-13(15)11-18/h7-8,10-12H,4-6,9H2,1-3H3. The molecule has 0 aliphatic rings. The molecule has 2 nitrogen and oxygen atoms in total. The highest BCUT2D eigenvalue weighted by molar-refractivity contribution is 5.84. The van der Waals surface area contributed by atoms with Crippen LogP contribution in [0.5, 0.6) is 0 Å². The van der Waals surface area contributed by atoms with E-state index in [4.69, 9.17) is 0 Å². The Morgan fingerprint density at radius 1 is 1.33 bits per heavy atom. The largest absolute Gasteiger partial charge is 0.369 e. The maximum absolute atomic E-state index is 13.1. The first-order chi connectivity index (χ1) is 8.60. The molecule has 0 radical (unpaired) electrons. The van der Waals surface area contributed by atoms with Gasteiger partial charge in [0, 0.05) is 23.8 Å². The molecule has 0 aliphatic carbocycles. The van der Waals surface area contributed by atoms with Crippen LogP contribution in [-0.2, 0) is 0 Å². The number of nitrogens with zero attached hydrogens (tertiary/aromatic N) is 1. The van der Waals surface area contributed by atoms with Gasteiger partial charge in [-0.2, -0.15) is 0 Å². The monoisotopic (exact) mass is 251 g/mol. The topological polar surface area (TPSA) is 20.3 Å². The first-order valence-corrected chi connectivity index (χ1v) is 6.61. The summed E-state index contributed by atoms with van der Waals surface area (Å²) in [6, 6.07) is 4.71. The number of halogens is 1. The smallest absolute Gasteiger partial charge is 0.152 e. The number of benzene rings is 1. The van der Waals surface area contributed by atoms with E-state index in [1.807, 2.05) is 0 Å². The first-order valence-electron chi connectivity index (χ1n) is 6.61.